The first-order valence-corrected chi connectivity index (χ1v) is 9.54. The minimum Gasteiger partial charge on any atom is -0.492 e. The number of hydrogen-bond donors (Lipinski definition) is 3. The van der Waals surface area contributed by atoms with E-state index >= 15 is 0 Å². The minimum absolute atomic E-state index is 0.289. The molecule has 0 fully saturated rings. The van der Waals surface area contributed by atoms with Crippen molar-refractivity contribution >= 4 is 23.0 Å². The Hall–Kier alpha value is -3.61. The molecule has 3 rings (SSSR count). The first kappa shape index (κ1) is 22.1. The number of nitrogens with zero attached hydrogens (tertiary/aromatic N) is 1. The molecule has 0 saturated carbocycles. The topological polar surface area (TPSA) is 95.4 Å². The molecule has 3 N–H and O–H groups in total. The highest BCUT2D eigenvalue weighted by molar-refractivity contribution is 5.91. The molecule has 0 bridgehead atoms. The van der Waals surface area contributed by atoms with E-state index in [2.05, 4.69) is 26.8 Å². The van der Waals surface area contributed by atoms with Crippen LogP contribution in [0.5, 0.6) is 11.5 Å². The van der Waals surface area contributed by atoms with Gasteiger partial charge in [-0.25, -0.2) is 0 Å². The van der Waals surface area contributed by atoms with E-state index in [1.807, 2.05) is 6.92 Å². The lowest BCUT2D eigenvalue weighted by Gasteiger charge is -2.33. The number of fused-ring (bicyclic) bond motifs is 1. The molecule has 7 nitrogen and oxygen atoms in total. The predicted octanol–water partition coefficient (Wildman–Crippen LogP) is 4.66. The van der Waals surface area contributed by atoms with Gasteiger partial charge in [0.25, 0.3) is 0 Å². The maximum absolute atomic E-state index is 12.6. The Morgan fingerprint density at radius 3 is 2.74 bits per heavy atom. The van der Waals surface area contributed by atoms with Crippen LogP contribution < -0.4 is 25.4 Å². The van der Waals surface area contributed by atoms with Gasteiger partial charge < -0.3 is 25.4 Å². The largest absolute Gasteiger partial charge is 0.573 e. The molecule has 2 atom stereocenters. The fraction of sp³-hybridized carbons (Fsp3) is 0.333. The van der Waals surface area contributed by atoms with Crippen molar-refractivity contribution in [3.63, 3.8) is 0 Å². The van der Waals surface area contributed by atoms with Gasteiger partial charge in [-0.1, -0.05) is 6.07 Å². The number of carbonyl (C=O) groups is 1. The smallest absolute Gasteiger partial charge is 0.492 e. The number of anilines is 3. The van der Waals surface area contributed by atoms with Crippen molar-refractivity contribution in [1.82, 2.24) is 0 Å². The summed E-state index contributed by atoms with van der Waals surface area (Å²) in [4.78, 5) is 11.6. The Labute approximate surface area is 177 Å². The Morgan fingerprint density at radius 2 is 2.10 bits per heavy atom. The van der Waals surface area contributed by atoms with Gasteiger partial charge in [-0.05, 0) is 25.1 Å². The van der Waals surface area contributed by atoms with Crippen molar-refractivity contribution in [3.05, 3.63) is 42.0 Å². The van der Waals surface area contributed by atoms with Crippen LogP contribution in [0.25, 0.3) is 0 Å². The SMILES string of the molecule is CCOc1cc2c(cc1NC(C)=O)C(Nc1cccc(OC(F)(F)F)c1)C(C#N)CN2. The number of alkyl halides is 3. The van der Waals surface area contributed by atoms with Gasteiger partial charge in [-0.3, -0.25) is 4.79 Å². The summed E-state index contributed by atoms with van der Waals surface area (Å²) < 4.78 is 47.3. The second-order valence-electron chi connectivity index (χ2n) is 6.86. The molecule has 0 aromatic heterocycles. The Balaban J connectivity index is 1.98. The highest BCUT2D eigenvalue weighted by atomic mass is 19.4. The lowest BCUT2D eigenvalue weighted by Crippen LogP contribution is -2.31. The van der Waals surface area contributed by atoms with E-state index in [0.717, 1.165) is 0 Å². The Morgan fingerprint density at radius 1 is 1.32 bits per heavy atom. The first-order valence-electron chi connectivity index (χ1n) is 9.54. The summed E-state index contributed by atoms with van der Waals surface area (Å²) in [5, 5.41) is 18.6. The van der Waals surface area contributed by atoms with Gasteiger partial charge in [0.05, 0.1) is 30.3 Å². The van der Waals surface area contributed by atoms with Crippen molar-refractivity contribution < 1.29 is 27.4 Å². The highest BCUT2D eigenvalue weighted by Gasteiger charge is 2.33. The molecule has 0 spiro atoms. The molecule has 2 aromatic rings. The van der Waals surface area contributed by atoms with E-state index < -0.39 is 18.3 Å². The summed E-state index contributed by atoms with van der Waals surface area (Å²) in [6.45, 7) is 3.90. The number of benzene rings is 2. The molecule has 1 aliphatic rings. The molecule has 1 heterocycles. The van der Waals surface area contributed by atoms with E-state index in [0.29, 0.717) is 41.5 Å². The number of nitrogens with one attached hydrogen (secondary N) is 3. The van der Waals surface area contributed by atoms with Crippen LogP contribution in [0.15, 0.2) is 36.4 Å². The lowest BCUT2D eigenvalue weighted by atomic mass is 9.88. The monoisotopic (exact) mass is 434 g/mol. The Bertz CT molecular complexity index is 1000. The first-order chi connectivity index (χ1) is 14.7. The highest BCUT2D eigenvalue weighted by Crippen LogP contribution is 2.42. The second-order valence-corrected chi connectivity index (χ2v) is 6.86. The zero-order valence-corrected chi connectivity index (χ0v) is 16.8. The number of carbonyl (C=O) groups excluding carboxylic acids is 1. The molecule has 0 saturated heterocycles. The van der Waals surface area contributed by atoms with Crippen LogP contribution in [-0.4, -0.2) is 25.4 Å². The average Bonchev–Trinajstić information content (AvgIpc) is 2.68. The van der Waals surface area contributed by atoms with Gasteiger partial charge in [0.1, 0.15) is 11.5 Å². The molecule has 0 radical (unpaired) electrons. The van der Waals surface area contributed by atoms with Gasteiger partial charge in [0.2, 0.25) is 5.91 Å². The van der Waals surface area contributed by atoms with Crippen LogP contribution in [0.3, 0.4) is 0 Å². The average molecular weight is 434 g/mol. The van der Waals surface area contributed by atoms with Crippen LogP contribution in [0.2, 0.25) is 0 Å². The molecule has 1 amide bonds. The van der Waals surface area contributed by atoms with Gasteiger partial charge in [0, 0.05) is 42.5 Å². The van der Waals surface area contributed by atoms with E-state index in [-0.39, 0.29) is 11.7 Å². The maximum Gasteiger partial charge on any atom is 0.573 e. The summed E-state index contributed by atoms with van der Waals surface area (Å²) >= 11 is 0. The van der Waals surface area contributed by atoms with Crippen LogP contribution >= 0.6 is 0 Å². The van der Waals surface area contributed by atoms with Crippen molar-refractivity contribution in [2.75, 3.05) is 29.1 Å². The molecule has 0 aliphatic carbocycles. The van der Waals surface area contributed by atoms with Gasteiger partial charge in [0.15, 0.2) is 0 Å². The van der Waals surface area contributed by atoms with Crippen molar-refractivity contribution in [2.45, 2.75) is 26.3 Å². The molecular formula is C21H21F3N4O3. The third kappa shape index (κ3) is 5.51. The van der Waals surface area contributed by atoms with Crippen molar-refractivity contribution in [3.8, 4) is 17.6 Å². The fourth-order valence-electron chi connectivity index (χ4n) is 3.38. The molecular weight excluding hydrogens is 413 g/mol. The molecule has 2 aromatic carbocycles. The van der Waals surface area contributed by atoms with E-state index in [1.165, 1.54) is 25.1 Å². The number of amides is 1. The molecule has 1 aliphatic heterocycles. The van der Waals surface area contributed by atoms with E-state index in [4.69, 9.17) is 4.74 Å². The summed E-state index contributed by atoms with van der Waals surface area (Å²) in [6, 6.07) is 10.5. The number of rotatable bonds is 6. The minimum atomic E-state index is -4.81. The van der Waals surface area contributed by atoms with Crippen LogP contribution in [-0.2, 0) is 4.79 Å². The number of nitriles is 1. The molecule has 2 unspecified atom stereocenters. The quantitative estimate of drug-likeness (QED) is 0.612. The second kappa shape index (κ2) is 9.04. The Kier molecular flexibility index (Phi) is 6.44. The van der Waals surface area contributed by atoms with Gasteiger partial charge in [-0.15, -0.1) is 13.2 Å². The van der Waals surface area contributed by atoms with Crippen LogP contribution in [0.1, 0.15) is 25.5 Å². The zero-order chi connectivity index (χ0) is 22.6. The number of halogens is 3. The van der Waals surface area contributed by atoms with Gasteiger partial charge >= 0.3 is 6.36 Å². The lowest BCUT2D eigenvalue weighted by molar-refractivity contribution is -0.274. The summed E-state index contributed by atoms with van der Waals surface area (Å²) in [6.07, 6.45) is -4.81. The number of hydrogen-bond acceptors (Lipinski definition) is 6. The summed E-state index contributed by atoms with van der Waals surface area (Å²) in [5.74, 6) is -0.713. The third-order valence-corrected chi connectivity index (χ3v) is 4.57. The van der Waals surface area contributed by atoms with E-state index in [9.17, 15) is 23.2 Å². The standard InChI is InChI=1S/C21H21F3N4O3/c1-3-30-19-9-17-16(8-18(19)27-12(2)29)20(13(10-25)11-26-17)28-14-5-4-6-15(7-14)31-21(22,23)24/h4-9,13,20,26,28H,3,11H2,1-2H3,(H,27,29). The van der Waals surface area contributed by atoms with Crippen molar-refractivity contribution in [2.24, 2.45) is 5.92 Å². The van der Waals surface area contributed by atoms with Crippen LogP contribution in [0.4, 0.5) is 30.2 Å². The third-order valence-electron chi connectivity index (χ3n) is 4.57. The maximum atomic E-state index is 12.6. The van der Waals surface area contributed by atoms with Crippen molar-refractivity contribution in [1.29, 1.82) is 5.26 Å². The normalized spacial score (nSPS) is 17.5. The summed E-state index contributed by atoms with van der Waals surface area (Å²) in [5.41, 5.74) is 2.17. The predicted molar refractivity (Wildman–Crippen MR) is 109 cm³/mol. The molecule has 10 heteroatoms. The number of ether oxygens (including phenoxy) is 2. The zero-order valence-electron chi connectivity index (χ0n) is 16.8. The molecule has 31 heavy (non-hydrogen) atoms. The van der Waals surface area contributed by atoms with Crippen LogP contribution in [0, 0.1) is 17.2 Å². The van der Waals surface area contributed by atoms with Gasteiger partial charge in [-0.2, -0.15) is 5.26 Å². The van der Waals surface area contributed by atoms with E-state index in [1.54, 1.807) is 18.2 Å². The summed E-state index contributed by atoms with van der Waals surface area (Å²) in [7, 11) is 0. The fourth-order valence-corrected chi connectivity index (χ4v) is 3.38. The molecule has 164 valence electrons.